The van der Waals surface area contributed by atoms with Crippen molar-refractivity contribution in [2.45, 2.75) is 63.2 Å². The predicted molar refractivity (Wildman–Crippen MR) is 88.5 cm³/mol. The van der Waals surface area contributed by atoms with E-state index in [1.165, 1.54) is 0 Å². The van der Waals surface area contributed by atoms with Gasteiger partial charge in [0.1, 0.15) is 0 Å². The van der Waals surface area contributed by atoms with Crippen LogP contribution in [0.15, 0.2) is 0 Å². The Kier molecular flexibility index (Phi) is 8.02. The van der Waals surface area contributed by atoms with Crippen molar-refractivity contribution < 1.29 is 18.0 Å². The Labute approximate surface area is 138 Å². The van der Waals surface area contributed by atoms with Gasteiger partial charge in [0.05, 0.1) is 11.0 Å². The molecule has 0 spiro atoms. The molecule has 22 heavy (non-hydrogen) atoms. The van der Waals surface area contributed by atoms with E-state index in [1.807, 2.05) is 13.8 Å². The van der Waals surface area contributed by atoms with E-state index in [4.69, 9.17) is 11.5 Å². The van der Waals surface area contributed by atoms with Crippen LogP contribution in [0.2, 0.25) is 0 Å². The van der Waals surface area contributed by atoms with Crippen LogP contribution in [-0.2, 0) is 19.4 Å². The molecule has 0 bridgehead atoms. The Morgan fingerprint density at radius 1 is 1.18 bits per heavy atom. The van der Waals surface area contributed by atoms with Gasteiger partial charge in [-0.15, -0.1) is 12.4 Å². The van der Waals surface area contributed by atoms with Crippen molar-refractivity contribution in [3.8, 4) is 0 Å². The molecule has 130 valence electrons. The average Bonchev–Trinajstić information content (AvgIpc) is 3.21. The summed E-state index contributed by atoms with van der Waals surface area (Å²) in [6.07, 6.45) is 3.74. The fourth-order valence-electron chi connectivity index (χ4n) is 2.56. The summed E-state index contributed by atoms with van der Waals surface area (Å²) >= 11 is 0. The third-order valence-electron chi connectivity index (χ3n) is 3.99. The van der Waals surface area contributed by atoms with Crippen LogP contribution in [0, 0.1) is 5.92 Å². The minimum Gasteiger partial charge on any atom is -0.368 e. The highest BCUT2D eigenvalue weighted by Crippen LogP contribution is 2.34. The zero-order chi connectivity index (χ0) is 16.3. The molecule has 0 heterocycles. The van der Waals surface area contributed by atoms with Crippen LogP contribution in [0.3, 0.4) is 0 Å². The van der Waals surface area contributed by atoms with Gasteiger partial charge in [0, 0.05) is 5.92 Å². The van der Waals surface area contributed by atoms with Gasteiger partial charge >= 0.3 is 0 Å². The SMILES string of the molecule is CCCC(CCC)S(=O)(=O)C[C@@](N)(C(N)=O)C(=O)C1CC1.Cl. The van der Waals surface area contributed by atoms with Crippen LogP contribution in [0.25, 0.3) is 0 Å². The molecule has 0 saturated heterocycles. The van der Waals surface area contributed by atoms with Crippen LogP contribution < -0.4 is 11.5 Å². The predicted octanol–water partition coefficient (Wildman–Crippen LogP) is 0.954. The molecule has 1 saturated carbocycles. The summed E-state index contributed by atoms with van der Waals surface area (Å²) in [5.74, 6) is -2.55. The van der Waals surface area contributed by atoms with E-state index in [2.05, 4.69) is 0 Å². The van der Waals surface area contributed by atoms with Crippen molar-refractivity contribution in [2.75, 3.05) is 5.75 Å². The van der Waals surface area contributed by atoms with E-state index in [0.717, 1.165) is 0 Å². The molecule has 1 amide bonds. The highest BCUT2D eigenvalue weighted by atomic mass is 35.5. The minimum atomic E-state index is -3.65. The molecule has 0 unspecified atom stereocenters. The quantitative estimate of drug-likeness (QED) is 0.566. The molecule has 1 aliphatic carbocycles. The number of hydrogen-bond acceptors (Lipinski definition) is 5. The molecular formula is C14H27ClN2O4S. The Balaban J connectivity index is 0.00000441. The van der Waals surface area contributed by atoms with Gasteiger partial charge in [0.25, 0.3) is 0 Å². The Bertz CT molecular complexity index is 499. The van der Waals surface area contributed by atoms with Gasteiger partial charge in [-0.2, -0.15) is 0 Å². The summed E-state index contributed by atoms with van der Waals surface area (Å²) < 4.78 is 25.1. The summed E-state index contributed by atoms with van der Waals surface area (Å²) in [5, 5.41) is -0.568. The van der Waals surface area contributed by atoms with E-state index < -0.39 is 38.1 Å². The number of sulfone groups is 1. The van der Waals surface area contributed by atoms with E-state index in [9.17, 15) is 18.0 Å². The molecular weight excluding hydrogens is 328 g/mol. The second kappa shape index (κ2) is 8.26. The van der Waals surface area contributed by atoms with Gasteiger partial charge in [-0.1, -0.05) is 26.7 Å². The number of Topliss-reactive ketones (excluding diaryl/α,β-unsaturated/α-hetero) is 1. The number of carbonyl (C=O) groups excluding carboxylic acids is 2. The summed E-state index contributed by atoms with van der Waals surface area (Å²) in [6.45, 7) is 3.80. The van der Waals surface area contributed by atoms with Crippen LogP contribution in [0.4, 0.5) is 0 Å². The molecule has 0 aliphatic heterocycles. The van der Waals surface area contributed by atoms with Crippen molar-refractivity contribution in [3.05, 3.63) is 0 Å². The summed E-state index contributed by atoms with van der Waals surface area (Å²) in [6, 6.07) is 0. The molecule has 0 radical (unpaired) electrons. The van der Waals surface area contributed by atoms with Crippen LogP contribution in [0.5, 0.6) is 0 Å². The normalized spacial score (nSPS) is 17.6. The first-order chi connectivity index (χ1) is 9.69. The number of hydrogen-bond donors (Lipinski definition) is 2. The maximum atomic E-state index is 12.5. The van der Waals surface area contributed by atoms with Gasteiger partial charge in [0.2, 0.25) is 5.91 Å². The lowest BCUT2D eigenvalue weighted by Crippen LogP contribution is -2.63. The largest absolute Gasteiger partial charge is 0.368 e. The molecule has 1 rings (SSSR count). The van der Waals surface area contributed by atoms with Crippen molar-refractivity contribution in [1.82, 2.24) is 0 Å². The highest BCUT2D eigenvalue weighted by molar-refractivity contribution is 7.92. The number of rotatable bonds is 10. The molecule has 1 atom stereocenters. The first kappa shape index (κ1) is 21.3. The van der Waals surface area contributed by atoms with E-state index >= 15 is 0 Å². The zero-order valence-electron chi connectivity index (χ0n) is 13.2. The third kappa shape index (κ3) is 4.93. The Morgan fingerprint density at radius 2 is 1.64 bits per heavy atom. The number of carbonyl (C=O) groups is 2. The van der Waals surface area contributed by atoms with Gasteiger partial charge < -0.3 is 11.5 Å². The topological polar surface area (TPSA) is 120 Å². The van der Waals surface area contributed by atoms with Crippen LogP contribution in [-0.4, -0.2) is 36.6 Å². The van der Waals surface area contributed by atoms with Crippen molar-refractivity contribution in [3.63, 3.8) is 0 Å². The van der Waals surface area contributed by atoms with Gasteiger partial charge in [-0.25, -0.2) is 8.42 Å². The standard InChI is InChI=1S/C14H26N2O4S.ClH/c1-3-5-11(6-4-2)21(19,20)9-14(16,13(15)18)12(17)10-7-8-10;/h10-11H,3-9,16H2,1-2H3,(H2,15,18);1H/t14-;/m0./s1. The average molecular weight is 355 g/mol. The maximum Gasteiger partial charge on any atom is 0.246 e. The number of ketones is 1. The van der Waals surface area contributed by atoms with Crippen LogP contribution in [0.1, 0.15) is 52.4 Å². The number of halogens is 1. The molecule has 0 aromatic heterocycles. The molecule has 6 nitrogen and oxygen atoms in total. The van der Waals surface area contributed by atoms with Crippen LogP contribution >= 0.6 is 12.4 Å². The molecule has 1 fully saturated rings. The third-order valence-corrected chi connectivity index (χ3v) is 6.33. The van der Waals surface area contributed by atoms with E-state index in [0.29, 0.717) is 38.5 Å². The fourth-order valence-corrected chi connectivity index (χ4v) is 4.90. The Morgan fingerprint density at radius 3 is 1.95 bits per heavy atom. The lowest BCUT2D eigenvalue weighted by Gasteiger charge is -2.27. The molecule has 1 aliphatic rings. The smallest absolute Gasteiger partial charge is 0.246 e. The second-order valence-corrected chi connectivity index (χ2v) is 8.26. The maximum absolute atomic E-state index is 12.5. The Hall–Kier alpha value is -0.660. The van der Waals surface area contributed by atoms with E-state index in [-0.39, 0.29) is 18.3 Å². The van der Waals surface area contributed by atoms with E-state index in [1.54, 1.807) is 0 Å². The lowest BCUT2D eigenvalue weighted by atomic mass is 9.93. The van der Waals surface area contributed by atoms with Crippen molar-refractivity contribution >= 4 is 33.9 Å². The summed E-state index contributed by atoms with van der Waals surface area (Å²) in [4.78, 5) is 23.8. The monoisotopic (exact) mass is 354 g/mol. The second-order valence-electron chi connectivity index (χ2n) is 5.98. The first-order valence-electron chi connectivity index (χ1n) is 7.53. The van der Waals surface area contributed by atoms with Crippen molar-refractivity contribution in [1.29, 1.82) is 0 Å². The van der Waals surface area contributed by atoms with Gasteiger partial charge in [-0.05, 0) is 25.7 Å². The van der Waals surface area contributed by atoms with Gasteiger partial charge in [0.15, 0.2) is 21.2 Å². The fraction of sp³-hybridized carbons (Fsp3) is 0.857. The summed E-state index contributed by atoms with van der Waals surface area (Å²) in [5.41, 5.74) is 9.00. The number of nitrogens with two attached hydrogens (primary N) is 2. The first-order valence-corrected chi connectivity index (χ1v) is 9.25. The molecule has 8 heteroatoms. The van der Waals surface area contributed by atoms with Crippen molar-refractivity contribution in [2.24, 2.45) is 17.4 Å². The lowest BCUT2D eigenvalue weighted by molar-refractivity contribution is -0.133. The highest BCUT2D eigenvalue weighted by Gasteiger charge is 2.50. The number of primary amides is 1. The molecule has 0 aromatic rings. The minimum absolute atomic E-state index is 0. The summed E-state index contributed by atoms with van der Waals surface area (Å²) in [7, 11) is -3.65. The molecule has 4 N–H and O–H groups in total. The number of amides is 1. The van der Waals surface area contributed by atoms with Gasteiger partial charge in [-0.3, -0.25) is 9.59 Å². The molecule has 0 aromatic carbocycles. The zero-order valence-corrected chi connectivity index (χ0v) is 14.8.